The summed E-state index contributed by atoms with van der Waals surface area (Å²) < 4.78 is 11.2. The molecule has 1 aliphatic heterocycles. The average Bonchev–Trinajstić information content (AvgIpc) is 2.26. The van der Waals surface area contributed by atoms with Gasteiger partial charge in [0.25, 0.3) is 0 Å². The molecule has 0 saturated carbocycles. The highest BCUT2D eigenvalue weighted by Gasteiger charge is 2.22. The minimum absolute atomic E-state index is 0.0134. The maximum Gasteiger partial charge on any atom is 0.161 e. The van der Waals surface area contributed by atoms with E-state index in [-0.39, 0.29) is 18.1 Å². The van der Waals surface area contributed by atoms with Gasteiger partial charge in [-0.05, 0) is 23.1 Å². The Hall–Kier alpha value is -1.22. The molecule has 3 heteroatoms. The lowest BCUT2D eigenvalue weighted by molar-refractivity contribution is 0.0455. The summed E-state index contributed by atoms with van der Waals surface area (Å²) >= 11 is 0. The summed E-state index contributed by atoms with van der Waals surface area (Å²) in [5.41, 5.74) is 1.32. The molecule has 1 unspecified atom stereocenters. The average molecular weight is 222 g/mol. The van der Waals surface area contributed by atoms with Crippen LogP contribution in [0.5, 0.6) is 11.5 Å². The van der Waals surface area contributed by atoms with Crippen molar-refractivity contribution < 1.29 is 14.6 Å². The van der Waals surface area contributed by atoms with Crippen LogP contribution in [0.4, 0.5) is 0 Å². The summed E-state index contributed by atoms with van der Waals surface area (Å²) in [7, 11) is 0. The Kier molecular flexibility index (Phi) is 2.80. The van der Waals surface area contributed by atoms with Crippen LogP contribution in [-0.4, -0.2) is 24.4 Å². The van der Waals surface area contributed by atoms with Crippen molar-refractivity contribution in [3.63, 3.8) is 0 Å². The highest BCUT2D eigenvalue weighted by atomic mass is 16.6. The third-order valence-corrected chi connectivity index (χ3v) is 2.73. The molecule has 0 spiro atoms. The van der Waals surface area contributed by atoms with E-state index in [1.54, 1.807) is 0 Å². The number of aliphatic hydroxyl groups excluding tert-OH is 1. The highest BCUT2D eigenvalue weighted by molar-refractivity contribution is 5.45. The smallest absolute Gasteiger partial charge is 0.161 e. The summed E-state index contributed by atoms with van der Waals surface area (Å²) in [4.78, 5) is 0. The zero-order chi connectivity index (χ0) is 11.8. The molecule has 1 N–H and O–H groups in total. The fourth-order valence-electron chi connectivity index (χ4n) is 1.67. The van der Waals surface area contributed by atoms with Gasteiger partial charge in [-0.25, -0.2) is 0 Å². The molecule has 1 aromatic rings. The van der Waals surface area contributed by atoms with Gasteiger partial charge in [0.2, 0.25) is 0 Å². The minimum atomic E-state index is -0.243. The SMILES string of the molecule is CC(C)(C)c1ccc2c(c1)OCC(CO)O2. The van der Waals surface area contributed by atoms with E-state index < -0.39 is 0 Å². The van der Waals surface area contributed by atoms with E-state index in [0.717, 1.165) is 11.5 Å². The lowest BCUT2D eigenvalue weighted by Crippen LogP contribution is -2.32. The Bertz CT molecular complexity index is 379. The van der Waals surface area contributed by atoms with Crippen molar-refractivity contribution in [2.45, 2.75) is 32.3 Å². The molecule has 0 radical (unpaired) electrons. The van der Waals surface area contributed by atoms with Gasteiger partial charge in [-0.3, -0.25) is 0 Å². The van der Waals surface area contributed by atoms with E-state index in [1.165, 1.54) is 5.56 Å². The first kappa shape index (κ1) is 11.3. The van der Waals surface area contributed by atoms with Crippen LogP contribution in [0.1, 0.15) is 26.3 Å². The van der Waals surface area contributed by atoms with Crippen molar-refractivity contribution in [2.24, 2.45) is 0 Å². The first-order chi connectivity index (χ1) is 7.50. The first-order valence-corrected chi connectivity index (χ1v) is 5.55. The van der Waals surface area contributed by atoms with Crippen molar-refractivity contribution in [1.82, 2.24) is 0 Å². The summed E-state index contributed by atoms with van der Waals surface area (Å²) in [5.74, 6) is 1.50. The van der Waals surface area contributed by atoms with Crippen LogP contribution in [0.25, 0.3) is 0 Å². The highest BCUT2D eigenvalue weighted by Crippen LogP contribution is 2.35. The Morgan fingerprint density at radius 2 is 2.06 bits per heavy atom. The van der Waals surface area contributed by atoms with Crippen molar-refractivity contribution in [3.05, 3.63) is 23.8 Å². The Morgan fingerprint density at radius 1 is 1.31 bits per heavy atom. The molecule has 0 fully saturated rings. The molecule has 0 bridgehead atoms. The number of aliphatic hydroxyl groups is 1. The second kappa shape index (κ2) is 3.98. The molecule has 2 rings (SSSR count). The lowest BCUT2D eigenvalue weighted by atomic mass is 9.87. The van der Waals surface area contributed by atoms with Gasteiger partial charge >= 0.3 is 0 Å². The summed E-state index contributed by atoms with van der Waals surface area (Å²) in [6.45, 7) is 6.89. The molecule has 0 aliphatic carbocycles. The molecule has 1 aromatic carbocycles. The topological polar surface area (TPSA) is 38.7 Å². The molecule has 1 heterocycles. The third-order valence-electron chi connectivity index (χ3n) is 2.73. The zero-order valence-corrected chi connectivity index (χ0v) is 9.99. The standard InChI is InChI=1S/C13H18O3/c1-13(2,3)9-4-5-11-12(6-9)15-8-10(7-14)16-11/h4-6,10,14H,7-8H2,1-3H3. The molecule has 1 aliphatic rings. The third kappa shape index (κ3) is 2.14. The fraction of sp³-hybridized carbons (Fsp3) is 0.538. The fourth-order valence-corrected chi connectivity index (χ4v) is 1.67. The minimum Gasteiger partial charge on any atom is -0.486 e. The van der Waals surface area contributed by atoms with Gasteiger partial charge in [0.15, 0.2) is 17.6 Å². The molecule has 0 aromatic heterocycles. The molecule has 16 heavy (non-hydrogen) atoms. The van der Waals surface area contributed by atoms with Crippen LogP contribution < -0.4 is 9.47 Å². The Labute approximate surface area is 96.0 Å². The maximum atomic E-state index is 9.00. The van der Waals surface area contributed by atoms with Crippen LogP contribution in [-0.2, 0) is 5.41 Å². The van der Waals surface area contributed by atoms with Gasteiger partial charge in [0.1, 0.15) is 6.61 Å². The Balaban J connectivity index is 2.28. The van der Waals surface area contributed by atoms with E-state index >= 15 is 0 Å². The van der Waals surface area contributed by atoms with Crippen molar-refractivity contribution in [3.8, 4) is 11.5 Å². The number of rotatable bonds is 1. The van der Waals surface area contributed by atoms with E-state index in [2.05, 4.69) is 20.8 Å². The quantitative estimate of drug-likeness (QED) is 0.791. The van der Waals surface area contributed by atoms with Crippen LogP contribution in [0.15, 0.2) is 18.2 Å². The van der Waals surface area contributed by atoms with Gasteiger partial charge in [0.05, 0.1) is 6.61 Å². The maximum absolute atomic E-state index is 9.00. The second-order valence-electron chi connectivity index (χ2n) is 5.14. The Morgan fingerprint density at radius 3 is 2.69 bits per heavy atom. The van der Waals surface area contributed by atoms with Crippen LogP contribution in [0.2, 0.25) is 0 Å². The summed E-state index contributed by atoms with van der Waals surface area (Å²) in [6, 6.07) is 5.97. The molecule has 88 valence electrons. The predicted octanol–water partition coefficient (Wildman–Crippen LogP) is 2.12. The number of hydrogen-bond acceptors (Lipinski definition) is 3. The molecule has 1 atom stereocenters. The van der Waals surface area contributed by atoms with Gasteiger partial charge < -0.3 is 14.6 Å². The summed E-state index contributed by atoms with van der Waals surface area (Å²) in [6.07, 6.45) is -0.243. The molecule has 0 amide bonds. The van der Waals surface area contributed by atoms with Gasteiger partial charge in [-0.1, -0.05) is 26.8 Å². The lowest BCUT2D eigenvalue weighted by Gasteiger charge is -2.27. The summed E-state index contributed by atoms with van der Waals surface area (Å²) in [5, 5.41) is 9.00. The number of ether oxygens (including phenoxy) is 2. The van der Waals surface area contributed by atoms with E-state index in [0.29, 0.717) is 6.61 Å². The number of hydrogen-bond donors (Lipinski definition) is 1. The van der Waals surface area contributed by atoms with E-state index in [1.807, 2.05) is 18.2 Å². The number of benzene rings is 1. The molecule has 3 nitrogen and oxygen atoms in total. The van der Waals surface area contributed by atoms with Crippen LogP contribution >= 0.6 is 0 Å². The predicted molar refractivity (Wildman–Crippen MR) is 62.1 cm³/mol. The van der Waals surface area contributed by atoms with Crippen molar-refractivity contribution >= 4 is 0 Å². The number of fused-ring (bicyclic) bond motifs is 1. The zero-order valence-electron chi connectivity index (χ0n) is 9.99. The second-order valence-corrected chi connectivity index (χ2v) is 5.14. The van der Waals surface area contributed by atoms with Gasteiger partial charge in [0, 0.05) is 0 Å². The van der Waals surface area contributed by atoms with Crippen molar-refractivity contribution in [1.29, 1.82) is 0 Å². The monoisotopic (exact) mass is 222 g/mol. The molecular formula is C13H18O3. The van der Waals surface area contributed by atoms with Crippen LogP contribution in [0, 0.1) is 0 Å². The van der Waals surface area contributed by atoms with Gasteiger partial charge in [-0.15, -0.1) is 0 Å². The van der Waals surface area contributed by atoms with E-state index in [4.69, 9.17) is 14.6 Å². The molecular weight excluding hydrogens is 204 g/mol. The first-order valence-electron chi connectivity index (χ1n) is 5.55. The largest absolute Gasteiger partial charge is 0.486 e. The van der Waals surface area contributed by atoms with Crippen LogP contribution in [0.3, 0.4) is 0 Å². The van der Waals surface area contributed by atoms with Crippen molar-refractivity contribution in [2.75, 3.05) is 13.2 Å². The normalized spacial score (nSPS) is 19.6. The van der Waals surface area contributed by atoms with Gasteiger partial charge in [-0.2, -0.15) is 0 Å². The molecule has 0 saturated heterocycles. The van der Waals surface area contributed by atoms with E-state index in [9.17, 15) is 0 Å².